The molecule has 1 aliphatic rings. The molecule has 0 unspecified atom stereocenters. The van der Waals surface area contributed by atoms with Gasteiger partial charge in [-0.3, -0.25) is 4.79 Å². The number of rotatable bonds is 6. The molecule has 1 amide bonds. The molecule has 0 aliphatic carbocycles. The second kappa shape index (κ2) is 8.67. The first kappa shape index (κ1) is 22.5. The first-order valence-electron chi connectivity index (χ1n) is 10.5. The van der Waals surface area contributed by atoms with E-state index in [1.54, 1.807) is 13.0 Å². The van der Waals surface area contributed by atoms with Crippen LogP contribution in [0.15, 0.2) is 57.8 Å². The number of nitrogens with one attached hydrogen (secondary N) is 1. The fraction of sp³-hybridized carbons (Fsp3) is 0.348. The Balaban J connectivity index is 1.51. The number of hydrogen-bond donors (Lipinski definition) is 3. The van der Waals surface area contributed by atoms with Gasteiger partial charge in [0.1, 0.15) is 5.58 Å². The van der Waals surface area contributed by atoms with Crippen LogP contribution in [0.2, 0.25) is 0 Å². The predicted molar refractivity (Wildman–Crippen MR) is 119 cm³/mol. The summed E-state index contributed by atoms with van der Waals surface area (Å²) in [6.45, 7) is 2.21. The summed E-state index contributed by atoms with van der Waals surface area (Å²) in [4.78, 5) is 12.7. The van der Waals surface area contributed by atoms with Crippen molar-refractivity contribution >= 4 is 26.9 Å². The highest BCUT2D eigenvalue weighted by molar-refractivity contribution is 7.89. The Hall–Kier alpha value is -2.72. The molecule has 2 heterocycles. The summed E-state index contributed by atoms with van der Waals surface area (Å²) in [7, 11) is -3.81. The molecule has 3 aromatic rings. The molecule has 4 rings (SSSR count). The van der Waals surface area contributed by atoms with Crippen LogP contribution in [-0.4, -0.2) is 54.3 Å². The zero-order chi connectivity index (χ0) is 22.9. The van der Waals surface area contributed by atoms with Gasteiger partial charge in [0.05, 0.1) is 4.90 Å². The average molecular weight is 459 g/mol. The van der Waals surface area contributed by atoms with E-state index in [1.807, 2.05) is 30.3 Å². The molecule has 9 heteroatoms. The van der Waals surface area contributed by atoms with E-state index >= 15 is 0 Å². The summed E-state index contributed by atoms with van der Waals surface area (Å²) < 4.78 is 33.0. The Kier molecular flexibility index (Phi) is 6.09. The fourth-order valence-corrected chi connectivity index (χ4v) is 5.32. The average Bonchev–Trinajstić information content (AvgIpc) is 3.10. The Labute approximate surface area is 186 Å². The molecule has 1 aliphatic heterocycles. The first-order chi connectivity index (χ1) is 15.2. The van der Waals surface area contributed by atoms with Crippen molar-refractivity contribution in [2.24, 2.45) is 0 Å². The maximum Gasteiger partial charge on any atom is 0.287 e. The fourth-order valence-electron chi connectivity index (χ4n) is 3.86. The minimum absolute atomic E-state index is 0.0206. The van der Waals surface area contributed by atoms with Gasteiger partial charge in [-0.2, -0.15) is 4.31 Å². The number of aliphatic hydroxyl groups is 2. The lowest BCUT2D eigenvalue weighted by atomic mass is 10.1. The van der Waals surface area contributed by atoms with Crippen molar-refractivity contribution in [3.05, 3.63) is 65.4 Å². The molecule has 0 bridgehead atoms. The van der Waals surface area contributed by atoms with Crippen LogP contribution in [0.3, 0.4) is 0 Å². The summed E-state index contributed by atoms with van der Waals surface area (Å²) in [5.41, 5.74) is 2.11. The standard InChI is InChI=1S/C23H26N2O6S/c1-16-19-15-18(32(29,30)25-13-10-23(27,28)11-14-25)7-8-20(19)31-21(16)22(26)24-12-9-17-5-3-2-4-6-17/h2-8,15,27-28H,9-14H2,1H3,(H,24,26). The summed E-state index contributed by atoms with van der Waals surface area (Å²) in [6.07, 6.45) is 0.589. The largest absolute Gasteiger partial charge is 0.451 e. The van der Waals surface area contributed by atoms with E-state index in [0.29, 0.717) is 29.5 Å². The predicted octanol–water partition coefficient (Wildman–Crippen LogP) is 2.18. The van der Waals surface area contributed by atoms with Gasteiger partial charge in [0, 0.05) is 43.4 Å². The molecule has 1 fully saturated rings. The number of fused-ring (bicyclic) bond motifs is 1. The van der Waals surface area contributed by atoms with Crippen molar-refractivity contribution in [3.8, 4) is 0 Å². The van der Waals surface area contributed by atoms with Crippen LogP contribution < -0.4 is 5.32 Å². The summed E-state index contributed by atoms with van der Waals surface area (Å²) in [5.74, 6) is -2.02. The number of aryl methyl sites for hydroxylation is 1. The molecule has 0 atom stereocenters. The summed E-state index contributed by atoms with van der Waals surface area (Å²) in [6, 6.07) is 14.3. The smallest absolute Gasteiger partial charge is 0.287 e. The number of carbonyl (C=O) groups excluding carboxylic acids is 1. The van der Waals surface area contributed by atoms with Crippen LogP contribution in [0.5, 0.6) is 0 Å². The molecule has 0 radical (unpaired) electrons. The Morgan fingerprint density at radius 1 is 1.12 bits per heavy atom. The highest BCUT2D eigenvalue weighted by Crippen LogP contribution is 2.30. The topological polar surface area (TPSA) is 120 Å². The number of carbonyl (C=O) groups is 1. The van der Waals surface area contributed by atoms with Crippen LogP contribution in [0.25, 0.3) is 11.0 Å². The quantitative estimate of drug-likeness (QED) is 0.487. The van der Waals surface area contributed by atoms with Gasteiger partial charge in [0.15, 0.2) is 11.5 Å². The molecule has 3 N–H and O–H groups in total. The number of hydrogen-bond acceptors (Lipinski definition) is 6. The zero-order valence-corrected chi connectivity index (χ0v) is 18.6. The Bertz CT molecular complexity index is 1220. The lowest BCUT2D eigenvalue weighted by Crippen LogP contribution is -2.46. The van der Waals surface area contributed by atoms with Gasteiger partial charge in [0.2, 0.25) is 10.0 Å². The number of sulfonamides is 1. The molecule has 1 saturated heterocycles. The lowest BCUT2D eigenvalue weighted by molar-refractivity contribution is -0.182. The van der Waals surface area contributed by atoms with Crippen molar-refractivity contribution in [1.29, 1.82) is 0 Å². The van der Waals surface area contributed by atoms with Gasteiger partial charge in [-0.05, 0) is 37.1 Å². The molecule has 2 aromatic carbocycles. The third-order valence-electron chi connectivity index (χ3n) is 5.82. The number of furan rings is 1. The van der Waals surface area contributed by atoms with E-state index in [9.17, 15) is 23.4 Å². The van der Waals surface area contributed by atoms with Gasteiger partial charge >= 0.3 is 0 Å². The van der Waals surface area contributed by atoms with Crippen LogP contribution in [0.4, 0.5) is 0 Å². The molecule has 0 spiro atoms. The van der Waals surface area contributed by atoms with Crippen molar-refractivity contribution in [2.75, 3.05) is 19.6 Å². The second-order valence-corrected chi connectivity index (χ2v) is 10.0. The Morgan fingerprint density at radius 3 is 2.50 bits per heavy atom. The van der Waals surface area contributed by atoms with E-state index in [-0.39, 0.29) is 42.5 Å². The summed E-state index contributed by atoms with van der Waals surface area (Å²) >= 11 is 0. The van der Waals surface area contributed by atoms with E-state index < -0.39 is 15.8 Å². The number of amides is 1. The van der Waals surface area contributed by atoms with Gasteiger partial charge in [-0.15, -0.1) is 0 Å². The molecular formula is C23H26N2O6S. The van der Waals surface area contributed by atoms with Gasteiger partial charge in [-0.25, -0.2) is 8.42 Å². The SMILES string of the molecule is Cc1c(C(=O)NCCc2ccccc2)oc2ccc(S(=O)(=O)N3CCC(O)(O)CC3)cc12. The van der Waals surface area contributed by atoms with Crippen LogP contribution in [0.1, 0.15) is 34.5 Å². The van der Waals surface area contributed by atoms with Crippen molar-refractivity contribution in [2.45, 2.75) is 36.9 Å². The van der Waals surface area contributed by atoms with E-state index in [4.69, 9.17) is 4.42 Å². The minimum atomic E-state index is -3.81. The summed E-state index contributed by atoms with van der Waals surface area (Å²) in [5, 5.41) is 22.7. The molecule has 170 valence electrons. The first-order valence-corrected chi connectivity index (χ1v) is 11.9. The molecule has 1 aromatic heterocycles. The number of benzene rings is 2. The Morgan fingerprint density at radius 2 is 1.81 bits per heavy atom. The lowest BCUT2D eigenvalue weighted by Gasteiger charge is -2.33. The van der Waals surface area contributed by atoms with E-state index in [1.165, 1.54) is 16.4 Å². The van der Waals surface area contributed by atoms with Crippen molar-refractivity contribution in [3.63, 3.8) is 0 Å². The molecule has 32 heavy (non-hydrogen) atoms. The highest BCUT2D eigenvalue weighted by atomic mass is 32.2. The van der Waals surface area contributed by atoms with Crippen molar-refractivity contribution < 1.29 is 27.8 Å². The van der Waals surface area contributed by atoms with Crippen molar-refractivity contribution in [1.82, 2.24) is 9.62 Å². The molecular weight excluding hydrogens is 432 g/mol. The van der Waals surface area contributed by atoms with Crippen LogP contribution in [0, 0.1) is 6.92 Å². The van der Waals surface area contributed by atoms with Gasteiger partial charge in [-0.1, -0.05) is 30.3 Å². The van der Waals surface area contributed by atoms with Crippen LogP contribution in [-0.2, 0) is 16.4 Å². The van der Waals surface area contributed by atoms with E-state index in [0.717, 1.165) is 5.56 Å². The van der Waals surface area contributed by atoms with Gasteiger partial charge in [0.25, 0.3) is 5.91 Å². The maximum atomic E-state index is 13.0. The van der Waals surface area contributed by atoms with Crippen LogP contribution >= 0.6 is 0 Å². The maximum absolute atomic E-state index is 13.0. The van der Waals surface area contributed by atoms with E-state index in [2.05, 4.69) is 5.32 Å². The number of nitrogens with zero attached hydrogens (tertiary/aromatic N) is 1. The molecule has 8 nitrogen and oxygen atoms in total. The van der Waals surface area contributed by atoms with Gasteiger partial charge < -0.3 is 19.9 Å². The third-order valence-corrected chi connectivity index (χ3v) is 7.71. The normalized spacial score (nSPS) is 16.8. The number of piperidine rings is 1. The highest BCUT2D eigenvalue weighted by Gasteiger charge is 2.35. The third kappa shape index (κ3) is 4.56. The second-order valence-electron chi connectivity index (χ2n) is 8.09. The minimum Gasteiger partial charge on any atom is -0.451 e. The zero-order valence-electron chi connectivity index (χ0n) is 17.7. The monoisotopic (exact) mass is 458 g/mol. The molecule has 0 saturated carbocycles.